The monoisotopic (exact) mass is 731 g/mol. The van der Waals surface area contributed by atoms with Crippen LogP contribution in [-0.4, -0.2) is 83.6 Å². The molecule has 0 aliphatic carbocycles. The maximum atomic E-state index is 13.4. The van der Waals surface area contributed by atoms with Crippen LogP contribution in [0.1, 0.15) is 40.2 Å². The minimum absolute atomic E-state index is 0.00690. The second-order valence-electron chi connectivity index (χ2n) is 13.0. The minimum Gasteiger partial charge on any atom is -0.497 e. The van der Waals surface area contributed by atoms with Gasteiger partial charge in [0.1, 0.15) is 34.6 Å². The van der Waals surface area contributed by atoms with Crippen LogP contribution in [0.3, 0.4) is 0 Å². The smallest absolute Gasteiger partial charge is 0.416 e. The second-order valence-corrected chi connectivity index (χ2v) is 13.0. The minimum atomic E-state index is -4.58. The standard InChI is InChI=1S/C37H36F3N7O6/c1-36(20-52-21-36)35(49)46-14-15-53-29(19-46)31-27-11-13-42-33(43-18-23-6-9-26(50-2)17-28(23)51-3)32(27)47(45-31)25-7-4-22(5-8-25)34(48)44-30-16-24(10-12-41-30)37(38,39)40/h4-13,16-17,29H,14-15,18-21H2,1-3H3,(H,42,43)(H,41,44,48). The molecule has 2 amide bonds. The predicted octanol–water partition coefficient (Wildman–Crippen LogP) is 5.65. The van der Waals surface area contributed by atoms with Crippen LogP contribution < -0.4 is 20.1 Å². The van der Waals surface area contributed by atoms with Gasteiger partial charge in [-0.3, -0.25) is 9.59 Å². The molecule has 13 nitrogen and oxygen atoms in total. The van der Waals surface area contributed by atoms with E-state index in [4.69, 9.17) is 24.0 Å². The normalized spacial score (nSPS) is 16.9. The number of nitrogens with one attached hydrogen (secondary N) is 2. The van der Waals surface area contributed by atoms with Gasteiger partial charge in [0.25, 0.3) is 5.91 Å². The van der Waals surface area contributed by atoms with Crippen LogP contribution in [0.2, 0.25) is 0 Å². The van der Waals surface area contributed by atoms with Gasteiger partial charge in [-0.05, 0) is 61.5 Å². The van der Waals surface area contributed by atoms with Crippen LogP contribution in [0.25, 0.3) is 16.6 Å². The molecule has 7 rings (SSSR count). The lowest BCUT2D eigenvalue weighted by atomic mass is 9.86. The van der Waals surface area contributed by atoms with Gasteiger partial charge in [-0.1, -0.05) is 0 Å². The summed E-state index contributed by atoms with van der Waals surface area (Å²) in [5.74, 6) is 0.907. The Morgan fingerprint density at radius 2 is 1.77 bits per heavy atom. The predicted molar refractivity (Wildman–Crippen MR) is 187 cm³/mol. The largest absolute Gasteiger partial charge is 0.497 e. The Kier molecular flexibility index (Phi) is 9.65. The van der Waals surface area contributed by atoms with Gasteiger partial charge in [-0.2, -0.15) is 18.3 Å². The van der Waals surface area contributed by atoms with Crippen molar-refractivity contribution in [3.8, 4) is 17.2 Å². The van der Waals surface area contributed by atoms with E-state index in [0.717, 1.165) is 29.3 Å². The lowest BCUT2D eigenvalue weighted by Gasteiger charge is -2.42. The highest BCUT2D eigenvalue weighted by Crippen LogP contribution is 2.36. The summed E-state index contributed by atoms with van der Waals surface area (Å²) in [7, 11) is 3.16. The van der Waals surface area contributed by atoms with Gasteiger partial charge in [0.2, 0.25) is 5.91 Å². The number of amides is 2. The van der Waals surface area contributed by atoms with E-state index in [1.54, 1.807) is 48.2 Å². The summed E-state index contributed by atoms with van der Waals surface area (Å²) >= 11 is 0. The second kappa shape index (κ2) is 14.4. The van der Waals surface area contributed by atoms with E-state index in [-0.39, 0.29) is 23.8 Å². The zero-order chi connectivity index (χ0) is 37.3. The lowest BCUT2D eigenvalue weighted by Crippen LogP contribution is -2.56. The zero-order valence-corrected chi connectivity index (χ0v) is 29.1. The average molecular weight is 732 g/mol. The van der Waals surface area contributed by atoms with E-state index in [0.29, 0.717) is 67.1 Å². The molecule has 1 unspecified atom stereocenters. The van der Waals surface area contributed by atoms with Gasteiger partial charge in [0, 0.05) is 48.1 Å². The number of halogens is 3. The van der Waals surface area contributed by atoms with Crippen molar-refractivity contribution in [2.24, 2.45) is 5.41 Å². The lowest BCUT2D eigenvalue weighted by molar-refractivity contribution is -0.175. The molecule has 0 saturated carbocycles. The Hall–Kier alpha value is -5.74. The number of alkyl halides is 3. The average Bonchev–Trinajstić information content (AvgIpc) is 3.56. The van der Waals surface area contributed by atoms with E-state index < -0.39 is 29.2 Å². The molecule has 2 aliphatic rings. The van der Waals surface area contributed by atoms with Crippen LogP contribution >= 0.6 is 0 Å². The molecule has 0 spiro atoms. The third-order valence-electron chi connectivity index (χ3n) is 9.28. The Bertz CT molecular complexity index is 2150. The fourth-order valence-electron chi connectivity index (χ4n) is 6.35. The number of fused-ring (bicyclic) bond motifs is 1. The molecule has 2 fully saturated rings. The maximum absolute atomic E-state index is 13.4. The summed E-state index contributed by atoms with van der Waals surface area (Å²) < 4.78 is 63.8. The Morgan fingerprint density at radius 3 is 2.47 bits per heavy atom. The van der Waals surface area contributed by atoms with E-state index in [1.165, 1.54) is 12.1 Å². The molecule has 5 aromatic rings. The van der Waals surface area contributed by atoms with Crippen molar-refractivity contribution in [2.75, 3.05) is 57.8 Å². The Balaban J connectivity index is 1.22. The number of rotatable bonds is 10. The highest BCUT2D eigenvalue weighted by atomic mass is 19.4. The first-order valence-electron chi connectivity index (χ1n) is 16.7. The maximum Gasteiger partial charge on any atom is 0.416 e. The van der Waals surface area contributed by atoms with Crippen LogP contribution in [0.4, 0.5) is 24.8 Å². The first kappa shape index (κ1) is 35.7. The first-order chi connectivity index (χ1) is 25.5. The van der Waals surface area contributed by atoms with Crippen molar-refractivity contribution in [2.45, 2.75) is 25.7 Å². The molecule has 3 aromatic heterocycles. The number of hydrogen-bond acceptors (Lipinski definition) is 10. The fraction of sp³-hybridized carbons (Fsp3) is 0.324. The number of carbonyl (C=O) groups is 2. The van der Waals surface area contributed by atoms with Crippen molar-refractivity contribution in [3.05, 3.63) is 95.4 Å². The molecular formula is C37H36F3N7O6. The van der Waals surface area contributed by atoms with Crippen LogP contribution in [0, 0.1) is 5.41 Å². The Labute approximate surface area is 302 Å². The first-order valence-corrected chi connectivity index (χ1v) is 16.7. The van der Waals surface area contributed by atoms with Crippen molar-refractivity contribution < 1.29 is 41.7 Å². The molecule has 2 saturated heterocycles. The number of morpholine rings is 1. The van der Waals surface area contributed by atoms with Crippen LogP contribution in [0.15, 0.2) is 73.1 Å². The summed E-state index contributed by atoms with van der Waals surface area (Å²) in [5.41, 5.74) is 1.31. The summed E-state index contributed by atoms with van der Waals surface area (Å²) in [6, 6.07) is 15.4. The SMILES string of the molecule is COc1ccc(CNc2nccc3c(C4CN(C(=O)C5(C)COC5)CCO4)nn(-c4ccc(C(=O)Nc5cc(C(F)(F)F)ccn5)cc4)c23)c(OC)c1. The molecule has 276 valence electrons. The van der Waals surface area contributed by atoms with E-state index in [9.17, 15) is 22.8 Å². The molecule has 0 radical (unpaired) electrons. The quantitative estimate of drug-likeness (QED) is 0.185. The van der Waals surface area contributed by atoms with Gasteiger partial charge in [0.05, 0.1) is 57.3 Å². The Morgan fingerprint density at radius 1 is 1.00 bits per heavy atom. The van der Waals surface area contributed by atoms with Gasteiger partial charge >= 0.3 is 6.18 Å². The highest BCUT2D eigenvalue weighted by Gasteiger charge is 2.45. The number of pyridine rings is 2. The number of hydrogen-bond donors (Lipinski definition) is 2. The van der Waals surface area contributed by atoms with Crippen molar-refractivity contribution >= 4 is 34.4 Å². The number of anilines is 2. The summed E-state index contributed by atoms with van der Waals surface area (Å²) in [6.07, 6.45) is -2.49. The third-order valence-corrected chi connectivity index (χ3v) is 9.28. The molecule has 53 heavy (non-hydrogen) atoms. The highest BCUT2D eigenvalue weighted by molar-refractivity contribution is 6.04. The van der Waals surface area contributed by atoms with Crippen molar-refractivity contribution in [1.82, 2.24) is 24.6 Å². The third kappa shape index (κ3) is 7.19. The zero-order valence-electron chi connectivity index (χ0n) is 29.1. The summed E-state index contributed by atoms with van der Waals surface area (Å²) in [5, 5.41) is 11.6. The fourth-order valence-corrected chi connectivity index (χ4v) is 6.35. The molecule has 0 bridgehead atoms. The number of ether oxygens (including phenoxy) is 4. The van der Waals surface area contributed by atoms with Gasteiger partial charge in [-0.25, -0.2) is 14.6 Å². The molecule has 2 aliphatic heterocycles. The van der Waals surface area contributed by atoms with Gasteiger partial charge in [0.15, 0.2) is 5.82 Å². The van der Waals surface area contributed by atoms with E-state index in [1.807, 2.05) is 25.1 Å². The van der Waals surface area contributed by atoms with Crippen molar-refractivity contribution in [1.29, 1.82) is 0 Å². The van der Waals surface area contributed by atoms with Gasteiger partial charge < -0.3 is 34.5 Å². The molecule has 2 aromatic carbocycles. The number of nitrogens with zero attached hydrogens (tertiary/aromatic N) is 5. The number of carbonyl (C=O) groups excluding carboxylic acids is 2. The van der Waals surface area contributed by atoms with Crippen molar-refractivity contribution in [3.63, 3.8) is 0 Å². The number of aromatic nitrogens is 4. The summed E-state index contributed by atoms with van der Waals surface area (Å²) in [4.78, 5) is 36.8. The van der Waals surface area contributed by atoms with E-state index >= 15 is 0 Å². The number of benzene rings is 2. The molecule has 1 atom stereocenters. The molecule has 2 N–H and O–H groups in total. The molecule has 5 heterocycles. The van der Waals surface area contributed by atoms with Crippen LogP contribution in [-0.2, 0) is 27.0 Å². The van der Waals surface area contributed by atoms with E-state index in [2.05, 4.69) is 20.6 Å². The molecular weight excluding hydrogens is 695 g/mol. The number of methoxy groups -OCH3 is 2. The summed E-state index contributed by atoms with van der Waals surface area (Å²) in [6.45, 7) is 4.03. The topological polar surface area (TPSA) is 142 Å². The van der Waals surface area contributed by atoms with Gasteiger partial charge in [-0.15, -0.1) is 0 Å². The van der Waals surface area contributed by atoms with Crippen LogP contribution in [0.5, 0.6) is 11.5 Å². The molecule has 16 heteroatoms.